The molecule has 0 aliphatic heterocycles. The summed E-state index contributed by atoms with van der Waals surface area (Å²) < 4.78 is 32.7. The second kappa shape index (κ2) is 9.49. The Morgan fingerprint density at radius 3 is 2.32 bits per heavy atom. The Morgan fingerprint density at radius 2 is 1.79 bits per heavy atom. The summed E-state index contributed by atoms with van der Waals surface area (Å²) in [5.41, 5.74) is 0.325. The maximum atomic E-state index is 13.3. The molecule has 2 aromatic rings. The Hall–Kier alpha value is -1.96. The second-order valence-electron chi connectivity index (χ2n) is 6.16. The van der Waals surface area contributed by atoms with Crippen LogP contribution in [0.15, 0.2) is 47.4 Å². The van der Waals surface area contributed by atoms with Crippen molar-refractivity contribution in [2.45, 2.75) is 31.2 Å². The summed E-state index contributed by atoms with van der Waals surface area (Å²) in [6, 6.07) is 10.3. The highest BCUT2D eigenvalue weighted by Gasteiger charge is 2.28. The van der Waals surface area contributed by atoms with Crippen LogP contribution in [0.25, 0.3) is 0 Å². The predicted molar refractivity (Wildman–Crippen MR) is 112 cm³/mol. The summed E-state index contributed by atoms with van der Waals surface area (Å²) in [7, 11) is -2.55. The normalized spacial score (nSPS) is 12.3. The zero-order chi connectivity index (χ0) is 20.9. The molecule has 0 bridgehead atoms. The van der Waals surface area contributed by atoms with Crippen molar-refractivity contribution in [1.29, 1.82) is 0 Å². The number of carbonyl (C=O) groups excluding carboxylic acids is 1. The number of hydrogen-bond acceptors (Lipinski definition) is 4. The van der Waals surface area contributed by atoms with Gasteiger partial charge in [0, 0.05) is 6.04 Å². The van der Waals surface area contributed by atoms with Crippen molar-refractivity contribution >= 4 is 44.8 Å². The third-order valence-electron chi connectivity index (χ3n) is 4.15. The lowest BCUT2D eigenvalue weighted by Crippen LogP contribution is -2.43. The first-order valence-corrected chi connectivity index (χ1v) is 10.8. The van der Waals surface area contributed by atoms with Crippen LogP contribution < -0.4 is 14.4 Å². The molecule has 0 saturated carbocycles. The van der Waals surface area contributed by atoms with Crippen LogP contribution in [0.5, 0.6) is 5.75 Å². The quantitative estimate of drug-likeness (QED) is 0.664. The number of methoxy groups -OCH3 is 1. The minimum absolute atomic E-state index is 0.0611. The van der Waals surface area contributed by atoms with Gasteiger partial charge in [-0.3, -0.25) is 9.10 Å². The maximum absolute atomic E-state index is 13.3. The van der Waals surface area contributed by atoms with Gasteiger partial charge in [-0.05, 0) is 55.8 Å². The molecule has 28 heavy (non-hydrogen) atoms. The summed E-state index contributed by atoms with van der Waals surface area (Å²) in [6.45, 7) is 3.40. The summed E-state index contributed by atoms with van der Waals surface area (Å²) in [4.78, 5) is 12.4. The number of nitrogens with zero attached hydrogens (tertiary/aromatic N) is 1. The number of sulfonamides is 1. The van der Waals surface area contributed by atoms with Crippen molar-refractivity contribution in [2.75, 3.05) is 18.0 Å². The fourth-order valence-corrected chi connectivity index (χ4v) is 4.19. The first kappa shape index (κ1) is 22.3. The highest BCUT2D eigenvalue weighted by Crippen LogP contribution is 2.29. The number of halogens is 2. The fraction of sp³-hybridized carbons (Fsp3) is 0.316. The predicted octanol–water partition coefficient (Wildman–Crippen LogP) is 4.11. The minimum atomic E-state index is -4.06. The Bertz CT molecular complexity index is 933. The number of nitrogens with one attached hydrogen (secondary N) is 1. The van der Waals surface area contributed by atoms with Gasteiger partial charge in [0.15, 0.2) is 0 Å². The van der Waals surface area contributed by atoms with E-state index < -0.39 is 15.9 Å². The molecule has 6 nitrogen and oxygen atoms in total. The van der Waals surface area contributed by atoms with Crippen LogP contribution in [0, 0.1) is 0 Å². The smallest absolute Gasteiger partial charge is 0.264 e. The van der Waals surface area contributed by atoms with Crippen molar-refractivity contribution in [1.82, 2.24) is 5.32 Å². The van der Waals surface area contributed by atoms with Crippen molar-refractivity contribution < 1.29 is 17.9 Å². The van der Waals surface area contributed by atoms with E-state index in [1.54, 1.807) is 24.3 Å². The van der Waals surface area contributed by atoms with E-state index in [0.29, 0.717) is 11.4 Å². The van der Waals surface area contributed by atoms with E-state index in [4.69, 9.17) is 27.9 Å². The van der Waals surface area contributed by atoms with Crippen LogP contribution >= 0.6 is 23.2 Å². The van der Waals surface area contributed by atoms with Gasteiger partial charge in [-0.15, -0.1) is 0 Å². The third-order valence-corrected chi connectivity index (χ3v) is 6.66. The van der Waals surface area contributed by atoms with Crippen LogP contribution in [0.2, 0.25) is 10.0 Å². The molecule has 0 radical (unpaired) electrons. The molecule has 2 rings (SSSR count). The van der Waals surface area contributed by atoms with Gasteiger partial charge in [-0.1, -0.05) is 30.1 Å². The monoisotopic (exact) mass is 444 g/mol. The molecule has 0 saturated heterocycles. The number of carbonyl (C=O) groups is 1. The Kier molecular flexibility index (Phi) is 7.57. The fourth-order valence-electron chi connectivity index (χ4n) is 2.38. The number of rotatable bonds is 8. The number of ether oxygens (including phenoxy) is 1. The first-order chi connectivity index (χ1) is 13.2. The van der Waals surface area contributed by atoms with Crippen molar-refractivity contribution in [3.8, 4) is 5.75 Å². The Labute approximate surface area is 175 Å². The van der Waals surface area contributed by atoms with Gasteiger partial charge < -0.3 is 10.1 Å². The topological polar surface area (TPSA) is 75.7 Å². The van der Waals surface area contributed by atoms with Crippen molar-refractivity contribution in [2.24, 2.45) is 0 Å². The number of anilines is 1. The summed E-state index contributed by atoms with van der Waals surface area (Å²) in [6.07, 6.45) is 0.730. The molecule has 0 fully saturated rings. The highest BCUT2D eigenvalue weighted by molar-refractivity contribution is 7.92. The van der Waals surface area contributed by atoms with E-state index in [9.17, 15) is 13.2 Å². The molecule has 1 atom stereocenters. The molecular formula is C19H22Cl2N2O4S. The summed E-state index contributed by atoms with van der Waals surface area (Å²) >= 11 is 11.9. The van der Waals surface area contributed by atoms with Crippen LogP contribution in [-0.4, -0.2) is 34.0 Å². The number of hydrogen-bond donors (Lipinski definition) is 1. The van der Waals surface area contributed by atoms with Gasteiger partial charge in [0.2, 0.25) is 5.91 Å². The largest absolute Gasteiger partial charge is 0.497 e. The van der Waals surface area contributed by atoms with Crippen LogP contribution in [0.3, 0.4) is 0 Å². The molecule has 1 N–H and O–H groups in total. The van der Waals surface area contributed by atoms with Gasteiger partial charge in [-0.2, -0.15) is 0 Å². The zero-order valence-electron chi connectivity index (χ0n) is 15.8. The van der Waals surface area contributed by atoms with E-state index in [0.717, 1.165) is 10.7 Å². The van der Waals surface area contributed by atoms with Gasteiger partial charge in [0.1, 0.15) is 12.3 Å². The lowest BCUT2D eigenvalue weighted by Gasteiger charge is -2.25. The van der Waals surface area contributed by atoms with Gasteiger partial charge in [0.25, 0.3) is 10.0 Å². The Balaban J connectivity index is 2.46. The lowest BCUT2D eigenvalue weighted by molar-refractivity contribution is -0.120. The first-order valence-electron chi connectivity index (χ1n) is 8.60. The molecule has 152 valence electrons. The van der Waals surface area contributed by atoms with Crippen molar-refractivity contribution in [3.63, 3.8) is 0 Å². The third kappa shape index (κ3) is 5.31. The van der Waals surface area contributed by atoms with Crippen molar-refractivity contribution in [3.05, 3.63) is 52.5 Å². The molecule has 0 aliphatic carbocycles. The SMILES string of the molecule is CC[C@@H](C)NC(=O)CN(c1ccc(OC)cc1)S(=O)(=O)c1ccc(Cl)c(Cl)c1. The number of amides is 1. The lowest BCUT2D eigenvalue weighted by atomic mass is 10.2. The van der Waals surface area contributed by atoms with Crippen LogP contribution in [0.4, 0.5) is 5.69 Å². The molecule has 0 aliphatic rings. The molecule has 2 aromatic carbocycles. The molecule has 0 spiro atoms. The standard InChI is InChI=1S/C19H22Cl2N2O4S/c1-4-13(2)22-19(24)12-23(14-5-7-15(27-3)8-6-14)28(25,26)16-9-10-17(20)18(21)11-16/h5-11,13H,4,12H2,1-3H3,(H,22,24)/t13-/m1/s1. The molecular weight excluding hydrogens is 423 g/mol. The van der Waals surface area contributed by atoms with E-state index in [-0.39, 0.29) is 27.5 Å². The van der Waals surface area contributed by atoms with Gasteiger partial charge >= 0.3 is 0 Å². The van der Waals surface area contributed by atoms with E-state index in [1.807, 2.05) is 13.8 Å². The average molecular weight is 445 g/mol. The van der Waals surface area contributed by atoms with E-state index in [1.165, 1.54) is 25.3 Å². The molecule has 0 heterocycles. The van der Waals surface area contributed by atoms with E-state index in [2.05, 4.69) is 5.32 Å². The molecule has 9 heteroatoms. The zero-order valence-corrected chi connectivity index (χ0v) is 18.1. The number of benzene rings is 2. The van der Waals surface area contributed by atoms with Gasteiger partial charge in [0.05, 0.1) is 27.7 Å². The highest BCUT2D eigenvalue weighted by atomic mass is 35.5. The molecule has 1 amide bonds. The van der Waals surface area contributed by atoms with Gasteiger partial charge in [-0.25, -0.2) is 8.42 Å². The maximum Gasteiger partial charge on any atom is 0.264 e. The molecule has 0 aromatic heterocycles. The van der Waals surface area contributed by atoms with Crippen LogP contribution in [0.1, 0.15) is 20.3 Å². The Morgan fingerprint density at radius 1 is 1.14 bits per heavy atom. The molecule has 0 unspecified atom stereocenters. The minimum Gasteiger partial charge on any atom is -0.497 e. The van der Waals surface area contributed by atoms with Crippen LogP contribution in [-0.2, 0) is 14.8 Å². The van der Waals surface area contributed by atoms with E-state index >= 15 is 0 Å². The average Bonchev–Trinajstić information content (AvgIpc) is 2.68. The summed E-state index contributed by atoms with van der Waals surface area (Å²) in [5, 5.41) is 3.13. The summed E-state index contributed by atoms with van der Waals surface area (Å²) in [5.74, 6) is 0.161. The second-order valence-corrected chi connectivity index (χ2v) is 8.84.